The average Bonchev–Trinajstić information content (AvgIpc) is 2.99. The van der Waals surface area contributed by atoms with Crippen molar-refractivity contribution < 1.29 is 0 Å². The van der Waals surface area contributed by atoms with Gasteiger partial charge in [-0.2, -0.15) is 5.10 Å². The van der Waals surface area contributed by atoms with Crippen LogP contribution in [0.5, 0.6) is 0 Å². The van der Waals surface area contributed by atoms with Crippen molar-refractivity contribution in [1.82, 2.24) is 24.5 Å². The normalized spacial score (nSPS) is 15.1. The van der Waals surface area contributed by atoms with E-state index >= 15 is 0 Å². The second kappa shape index (κ2) is 4.52. The van der Waals surface area contributed by atoms with Gasteiger partial charge in [0.05, 0.1) is 6.54 Å². The van der Waals surface area contributed by atoms with Gasteiger partial charge < -0.3 is 5.73 Å². The Labute approximate surface area is 107 Å². The Morgan fingerprint density at radius 2 is 2.39 bits per heavy atom. The highest BCUT2D eigenvalue weighted by Gasteiger charge is 2.28. The smallest absolute Gasteiger partial charge is 0.344 e. The molecule has 2 aromatic heterocycles. The lowest BCUT2D eigenvalue weighted by molar-refractivity contribution is 0.637. The molecule has 2 aromatic rings. The molecule has 0 bridgehead atoms. The van der Waals surface area contributed by atoms with Crippen LogP contribution in [0.25, 0.3) is 0 Å². The number of rotatable bonds is 5. The molecule has 3 rings (SSSR count). The first-order valence-electron chi connectivity index (χ1n) is 5.82. The molecule has 1 aliphatic rings. The van der Waals surface area contributed by atoms with Gasteiger partial charge in [-0.1, -0.05) is 11.8 Å². The Hall–Kier alpha value is -1.70. The highest BCUT2D eigenvalue weighted by molar-refractivity contribution is 7.99. The van der Waals surface area contributed by atoms with Crippen LogP contribution >= 0.6 is 11.8 Å². The zero-order valence-corrected chi connectivity index (χ0v) is 10.6. The fourth-order valence-electron chi connectivity index (χ4n) is 1.78. The fraction of sp³-hybridized carbons (Fsp3) is 0.500. The monoisotopic (exact) mass is 266 g/mol. The van der Waals surface area contributed by atoms with E-state index in [2.05, 4.69) is 15.3 Å². The minimum atomic E-state index is -0.108. The van der Waals surface area contributed by atoms with E-state index in [1.807, 2.05) is 6.20 Å². The number of aromatic nitrogens is 5. The molecule has 0 amide bonds. The summed E-state index contributed by atoms with van der Waals surface area (Å²) in [7, 11) is 0. The Bertz CT molecular complexity index is 596. The van der Waals surface area contributed by atoms with Crippen LogP contribution in [0.3, 0.4) is 0 Å². The predicted molar refractivity (Wildman–Crippen MR) is 68.5 cm³/mol. The Kier molecular flexibility index (Phi) is 2.86. The lowest BCUT2D eigenvalue weighted by atomic mass is 10.7. The number of nitrogens with one attached hydrogen (secondary N) is 1. The van der Waals surface area contributed by atoms with Crippen LogP contribution in [-0.2, 0) is 6.54 Å². The Morgan fingerprint density at radius 1 is 1.56 bits per heavy atom. The molecular formula is C10H14N6OS. The summed E-state index contributed by atoms with van der Waals surface area (Å²) in [6.45, 7) is 0.744. The standard InChI is InChI=1S/C10H14N6OS/c11-8-3-4-15(14-8)5-6-18-10-13-12-9(17)16(10)7-1-2-7/h3-4,7H,1-2,5-6H2,(H2,11,14)(H,12,17). The first-order chi connectivity index (χ1) is 8.74. The van der Waals surface area contributed by atoms with Crippen molar-refractivity contribution >= 4 is 17.6 Å². The van der Waals surface area contributed by atoms with Gasteiger partial charge in [0.25, 0.3) is 0 Å². The zero-order valence-electron chi connectivity index (χ0n) is 9.74. The van der Waals surface area contributed by atoms with Crippen molar-refractivity contribution in [3.8, 4) is 0 Å². The molecule has 96 valence electrons. The van der Waals surface area contributed by atoms with Crippen LogP contribution in [0.1, 0.15) is 18.9 Å². The van der Waals surface area contributed by atoms with Gasteiger partial charge in [-0.3, -0.25) is 9.25 Å². The maximum atomic E-state index is 11.6. The number of hydrogen-bond donors (Lipinski definition) is 2. The molecule has 1 saturated carbocycles. The maximum absolute atomic E-state index is 11.6. The lowest BCUT2D eigenvalue weighted by Gasteiger charge is -2.03. The maximum Gasteiger partial charge on any atom is 0.344 e. The van der Waals surface area contributed by atoms with E-state index in [-0.39, 0.29) is 5.69 Å². The van der Waals surface area contributed by atoms with E-state index in [0.717, 1.165) is 30.3 Å². The number of hydrogen-bond acceptors (Lipinski definition) is 5. The minimum absolute atomic E-state index is 0.108. The molecule has 0 aliphatic heterocycles. The molecule has 8 heteroatoms. The first kappa shape index (κ1) is 11.4. The van der Waals surface area contributed by atoms with Crippen molar-refractivity contribution in [2.75, 3.05) is 11.5 Å². The number of aryl methyl sites for hydroxylation is 1. The van der Waals surface area contributed by atoms with Crippen molar-refractivity contribution in [2.45, 2.75) is 30.6 Å². The largest absolute Gasteiger partial charge is 0.382 e. The summed E-state index contributed by atoms with van der Waals surface area (Å²) < 4.78 is 3.54. The summed E-state index contributed by atoms with van der Waals surface area (Å²) in [5.41, 5.74) is 5.43. The van der Waals surface area contributed by atoms with Crippen LogP contribution in [-0.4, -0.2) is 30.3 Å². The van der Waals surface area contributed by atoms with Gasteiger partial charge in [-0.15, -0.1) is 5.10 Å². The summed E-state index contributed by atoms with van der Waals surface area (Å²) in [5.74, 6) is 1.33. The van der Waals surface area contributed by atoms with Gasteiger partial charge in [0.2, 0.25) is 0 Å². The SMILES string of the molecule is Nc1ccn(CCSc2n[nH]c(=O)n2C2CC2)n1. The molecule has 2 heterocycles. The zero-order chi connectivity index (χ0) is 12.5. The van der Waals surface area contributed by atoms with E-state index < -0.39 is 0 Å². The topological polar surface area (TPSA) is 94.5 Å². The number of thioether (sulfide) groups is 1. The first-order valence-corrected chi connectivity index (χ1v) is 6.81. The summed E-state index contributed by atoms with van der Waals surface area (Å²) in [6, 6.07) is 2.11. The van der Waals surface area contributed by atoms with E-state index in [0.29, 0.717) is 11.9 Å². The minimum Gasteiger partial charge on any atom is -0.382 e. The van der Waals surface area contributed by atoms with Gasteiger partial charge >= 0.3 is 5.69 Å². The highest BCUT2D eigenvalue weighted by Crippen LogP contribution is 2.35. The second-order valence-electron chi connectivity index (χ2n) is 4.26. The molecule has 0 spiro atoms. The van der Waals surface area contributed by atoms with E-state index in [1.54, 1.807) is 27.1 Å². The van der Waals surface area contributed by atoms with Gasteiger partial charge in [0.15, 0.2) is 5.16 Å². The lowest BCUT2D eigenvalue weighted by Crippen LogP contribution is -2.16. The van der Waals surface area contributed by atoms with Gasteiger partial charge in [-0.25, -0.2) is 9.89 Å². The van der Waals surface area contributed by atoms with Gasteiger partial charge in [0, 0.05) is 18.0 Å². The summed E-state index contributed by atoms with van der Waals surface area (Å²) in [6.07, 6.45) is 3.99. The number of nitrogens with zero attached hydrogens (tertiary/aromatic N) is 4. The van der Waals surface area contributed by atoms with E-state index in [9.17, 15) is 4.79 Å². The predicted octanol–water partition coefficient (Wildman–Crippen LogP) is 0.477. The number of nitrogens with two attached hydrogens (primary N) is 1. The molecule has 18 heavy (non-hydrogen) atoms. The van der Waals surface area contributed by atoms with Crippen molar-refractivity contribution in [3.05, 3.63) is 22.7 Å². The number of nitrogen functional groups attached to an aromatic ring is 1. The van der Waals surface area contributed by atoms with Crippen molar-refractivity contribution in [2.24, 2.45) is 0 Å². The molecule has 0 saturated heterocycles. The molecule has 0 radical (unpaired) electrons. The number of aromatic amines is 1. The van der Waals surface area contributed by atoms with Crippen molar-refractivity contribution in [3.63, 3.8) is 0 Å². The number of H-pyrrole nitrogens is 1. The summed E-state index contributed by atoms with van der Waals surface area (Å²) in [4.78, 5) is 11.6. The molecule has 0 atom stereocenters. The third kappa shape index (κ3) is 2.28. The van der Waals surface area contributed by atoms with Gasteiger partial charge in [0.1, 0.15) is 5.82 Å². The molecule has 3 N–H and O–H groups in total. The van der Waals surface area contributed by atoms with Crippen molar-refractivity contribution in [1.29, 1.82) is 0 Å². The molecular weight excluding hydrogens is 252 g/mol. The molecule has 0 unspecified atom stereocenters. The third-order valence-electron chi connectivity index (χ3n) is 2.80. The molecule has 1 fully saturated rings. The second-order valence-corrected chi connectivity index (χ2v) is 5.33. The molecule has 0 aromatic carbocycles. The van der Waals surface area contributed by atoms with E-state index in [1.165, 1.54) is 0 Å². The summed E-state index contributed by atoms with van der Waals surface area (Å²) >= 11 is 1.56. The van der Waals surface area contributed by atoms with E-state index in [4.69, 9.17) is 5.73 Å². The average molecular weight is 266 g/mol. The van der Waals surface area contributed by atoms with Crippen LogP contribution in [0, 0.1) is 0 Å². The van der Waals surface area contributed by atoms with Crippen LogP contribution in [0.15, 0.2) is 22.2 Å². The fourth-order valence-corrected chi connectivity index (χ4v) is 2.72. The highest BCUT2D eigenvalue weighted by atomic mass is 32.2. The van der Waals surface area contributed by atoms with Crippen LogP contribution < -0.4 is 11.4 Å². The Balaban J connectivity index is 1.61. The van der Waals surface area contributed by atoms with Gasteiger partial charge in [-0.05, 0) is 18.9 Å². The van der Waals surface area contributed by atoms with Crippen LogP contribution in [0.2, 0.25) is 0 Å². The number of anilines is 1. The van der Waals surface area contributed by atoms with Crippen LogP contribution in [0.4, 0.5) is 5.82 Å². The molecule has 7 nitrogen and oxygen atoms in total. The summed E-state index contributed by atoms with van der Waals surface area (Å²) in [5, 5.41) is 11.4. The Morgan fingerprint density at radius 3 is 3.06 bits per heavy atom. The molecule has 1 aliphatic carbocycles. The third-order valence-corrected chi connectivity index (χ3v) is 3.73. The quantitative estimate of drug-likeness (QED) is 0.767.